The van der Waals surface area contributed by atoms with Gasteiger partial charge in [-0.3, -0.25) is 25.8 Å². The van der Waals surface area contributed by atoms with E-state index in [1.54, 1.807) is 0 Å². The first-order valence-electron chi connectivity index (χ1n) is 7.05. The first-order chi connectivity index (χ1) is 10.7. The minimum atomic E-state index is -0.309. The SMILES string of the molecule is CC(=O)NNC(=O)CNC(c1ccccc1)c1ccccc1. The van der Waals surface area contributed by atoms with Gasteiger partial charge in [0.2, 0.25) is 5.91 Å². The van der Waals surface area contributed by atoms with Gasteiger partial charge in [0.15, 0.2) is 0 Å². The van der Waals surface area contributed by atoms with Crippen LogP contribution in [0.25, 0.3) is 0 Å². The van der Waals surface area contributed by atoms with Crippen LogP contribution in [0.3, 0.4) is 0 Å². The summed E-state index contributed by atoms with van der Waals surface area (Å²) in [5, 5.41) is 3.21. The van der Waals surface area contributed by atoms with Gasteiger partial charge in [0, 0.05) is 6.92 Å². The summed E-state index contributed by atoms with van der Waals surface area (Å²) >= 11 is 0. The molecule has 0 aliphatic rings. The number of nitrogens with one attached hydrogen (secondary N) is 3. The molecule has 0 radical (unpaired) electrons. The van der Waals surface area contributed by atoms with Crippen LogP contribution >= 0.6 is 0 Å². The van der Waals surface area contributed by atoms with Gasteiger partial charge in [-0.05, 0) is 11.1 Å². The molecule has 2 amide bonds. The van der Waals surface area contributed by atoms with Crippen molar-refractivity contribution in [2.75, 3.05) is 6.54 Å². The summed E-state index contributed by atoms with van der Waals surface area (Å²) < 4.78 is 0. The highest BCUT2D eigenvalue weighted by Crippen LogP contribution is 2.21. The molecule has 2 aromatic rings. The number of amides is 2. The molecule has 114 valence electrons. The van der Waals surface area contributed by atoms with Gasteiger partial charge < -0.3 is 0 Å². The van der Waals surface area contributed by atoms with E-state index in [1.807, 2.05) is 60.7 Å². The van der Waals surface area contributed by atoms with E-state index in [2.05, 4.69) is 16.2 Å². The molecule has 0 aromatic heterocycles. The van der Waals surface area contributed by atoms with Crippen molar-refractivity contribution in [1.82, 2.24) is 16.2 Å². The number of hydrogen-bond donors (Lipinski definition) is 3. The second kappa shape index (κ2) is 7.95. The van der Waals surface area contributed by atoms with E-state index in [4.69, 9.17) is 0 Å². The van der Waals surface area contributed by atoms with Crippen molar-refractivity contribution >= 4 is 11.8 Å². The predicted molar refractivity (Wildman–Crippen MR) is 84.7 cm³/mol. The first-order valence-corrected chi connectivity index (χ1v) is 7.05. The van der Waals surface area contributed by atoms with Gasteiger partial charge in [0.1, 0.15) is 0 Å². The molecule has 0 spiro atoms. The summed E-state index contributed by atoms with van der Waals surface area (Å²) in [4.78, 5) is 22.5. The largest absolute Gasteiger partial charge is 0.298 e. The topological polar surface area (TPSA) is 70.2 Å². The van der Waals surface area contributed by atoms with Crippen LogP contribution in [-0.2, 0) is 9.59 Å². The highest BCUT2D eigenvalue weighted by molar-refractivity contribution is 5.82. The smallest absolute Gasteiger partial charge is 0.252 e. The first kappa shape index (κ1) is 15.7. The minimum Gasteiger partial charge on any atom is -0.298 e. The van der Waals surface area contributed by atoms with E-state index in [9.17, 15) is 9.59 Å². The Morgan fingerprint density at radius 3 is 1.82 bits per heavy atom. The molecular weight excluding hydrogens is 278 g/mol. The Hall–Kier alpha value is -2.66. The molecule has 2 rings (SSSR count). The van der Waals surface area contributed by atoms with Crippen molar-refractivity contribution in [3.8, 4) is 0 Å². The fourth-order valence-corrected chi connectivity index (χ4v) is 2.12. The Kier molecular flexibility index (Phi) is 5.68. The molecule has 0 fully saturated rings. The van der Waals surface area contributed by atoms with E-state index < -0.39 is 0 Å². The summed E-state index contributed by atoms with van der Waals surface area (Å²) in [5.74, 6) is -0.608. The van der Waals surface area contributed by atoms with E-state index in [-0.39, 0.29) is 24.4 Å². The van der Waals surface area contributed by atoms with Crippen LogP contribution in [0.5, 0.6) is 0 Å². The maximum atomic E-state index is 11.7. The summed E-state index contributed by atoms with van der Waals surface area (Å²) in [7, 11) is 0. The molecule has 0 aliphatic heterocycles. The lowest BCUT2D eigenvalue weighted by Crippen LogP contribution is -2.45. The zero-order chi connectivity index (χ0) is 15.8. The number of hydrogen-bond acceptors (Lipinski definition) is 3. The molecule has 22 heavy (non-hydrogen) atoms. The van der Waals surface area contributed by atoms with Crippen molar-refractivity contribution in [1.29, 1.82) is 0 Å². The Balaban J connectivity index is 2.06. The average Bonchev–Trinajstić information content (AvgIpc) is 2.55. The second-order valence-corrected chi connectivity index (χ2v) is 4.86. The molecule has 5 nitrogen and oxygen atoms in total. The molecule has 0 bridgehead atoms. The van der Waals surface area contributed by atoms with Crippen molar-refractivity contribution in [3.63, 3.8) is 0 Å². The zero-order valence-electron chi connectivity index (χ0n) is 12.4. The third kappa shape index (κ3) is 4.71. The van der Waals surface area contributed by atoms with Gasteiger partial charge in [-0.25, -0.2) is 0 Å². The Bertz CT molecular complexity index is 575. The fourth-order valence-electron chi connectivity index (χ4n) is 2.12. The number of rotatable bonds is 5. The third-order valence-corrected chi connectivity index (χ3v) is 3.11. The van der Waals surface area contributed by atoms with E-state index in [1.165, 1.54) is 6.92 Å². The van der Waals surface area contributed by atoms with Gasteiger partial charge in [0.25, 0.3) is 5.91 Å². The van der Waals surface area contributed by atoms with Crippen LogP contribution in [0.2, 0.25) is 0 Å². The van der Waals surface area contributed by atoms with Crippen LogP contribution in [-0.4, -0.2) is 18.4 Å². The quantitative estimate of drug-likeness (QED) is 0.733. The Morgan fingerprint density at radius 2 is 1.36 bits per heavy atom. The van der Waals surface area contributed by atoms with Crippen molar-refractivity contribution in [2.45, 2.75) is 13.0 Å². The number of carbonyl (C=O) groups excluding carboxylic acids is 2. The maximum absolute atomic E-state index is 11.7. The standard InChI is InChI=1S/C17H19N3O2/c1-13(21)19-20-16(22)12-18-17(14-8-4-2-5-9-14)15-10-6-3-7-11-15/h2-11,17-18H,12H2,1H3,(H,19,21)(H,20,22). The van der Waals surface area contributed by atoms with Crippen LogP contribution in [0.15, 0.2) is 60.7 Å². The normalized spacial score (nSPS) is 10.3. The molecule has 2 aromatic carbocycles. The van der Waals surface area contributed by atoms with Gasteiger partial charge >= 0.3 is 0 Å². The van der Waals surface area contributed by atoms with Crippen LogP contribution in [0, 0.1) is 0 Å². The lowest BCUT2D eigenvalue weighted by molar-refractivity contribution is -0.127. The number of benzene rings is 2. The van der Waals surface area contributed by atoms with Gasteiger partial charge in [-0.2, -0.15) is 0 Å². The van der Waals surface area contributed by atoms with Crippen LogP contribution in [0.1, 0.15) is 24.1 Å². The molecule has 0 saturated carbocycles. The molecule has 0 heterocycles. The summed E-state index contributed by atoms with van der Waals surface area (Å²) in [6, 6.07) is 19.7. The van der Waals surface area contributed by atoms with E-state index in [0.717, 1.165) is 11.1 Å². The van der Waals surface area contributed by atoms with Gasteiger partial charge in [-0.1, -0.05) is 60.7 Å². The van der Waals surface area contributed by atoms with E-state index in [0.29, 0.717) is 0 Å². The van der Waals surface area contributed by atoms with Crippen LogP contribution < -0.4 is 16.2 Å². The molecule has 0 aliphatic carbocycles. The maximum Gasteiger partial charge on any atom is 0.252 e. The van der Waals surface area contributed by atoms with Crippen molar-refractivity contribution in [3.05, 3.63) is 71.8 Å². The van der Waals surface area contributed by atoms with Crippen molar-refractivity contribution < 1.29 is 9.59 Å². The minimum absolute atomic E-state index is 0.0920. The Labute approximate surface area is 129 Å². The highest BCUT2D eigenvalue weighted by Gasteiger charge is 2.14. The number of carbonyl (C=O) groups is 2. The average molecular weight is 297 g/mol. The van der Waals surface area contributed by atoms with Gasteiger partial charge in [0.05, 0.1) is 12.6 Å². The third-order valence-electron chi connectivity index (χ3n) is 3.11. The summed E-state index contributed by atoms with van der Waals surface area (Å²) in [6.45, 7) is 1.43. The predicted octanol–water partition coefficient (Wildman–Crippen LogP) is 1.53. The molecular formula is C17H19N3O2. The van der Waals surface area contributed by atoms with E-state index >= 15 is 0 Å². The summed E-state index contributed by atoms with van der Waals surface area (Å²) in [5.41, 5.74) is 6.75. The molecule has 0 saturated heterocycles. The fraction of sp³-hybridized carbons (Fsp3) is 0.176. The summed E-state index contributed by atoms with van der Waals surface area (Å²) in [6.07, 6.45) is 0. The Morgan fingerprint density at radius 1 is 0.864 bits per heavy atom. The molecule has 3 N–H and O–H groups in total. The monoisotopic (exact) mass is 297 g/mol. The molecule has 5 heteroatoms. The zero-order valence-corrected chi connectivity index (χ0v) is 12.4. The molecule has 0 atom stereocenters. The second-order valence-electron chi connectivity index (χ2n) is 4.86. The number of hydrazine groups is 1. The lowest BCUT2D eigenvalue weighted by Gasteiger charge is -2.19. The van der Waals surface area contributed by atoms with Crippen molar-refractivity contribution in [2.24, 2.45) is 0 Å². The molecule has 0 unspecified atom stereocenters. The van der Waals surface area contributed by atoms with Gasteiger partial charge in [-0.15, -0.1) is 0 Å². The highest BCUT2D eigenvalue weighted by atomic mass is 16.2. The van der Waals surface area contributed by atoms with Crippen LogP contribution in [0.4, 0.5) is 0 Å². The lowest BCUT2D eigenvalue weighted by atomic mass is 9.99.